The molecule has 2 aromatic heterocycles. The number of hydrogen-bond donors (Lipinski definition) is 1. The molecule has 1 fully saturated rings. The highest BCUT2D eigenvalue weighted by atomic mass is 16.1. The maximum Gasteiger partial charge on any atom is 0.253 e. The van der Waals surface area contributed by atoms with Crippen LogP contribution in [0.5, 0.6) is 0 Å². The van der Waals surface area contributed by atoms with Crippen molar-refractivity contribution in [2.75, 3.05) is 32.7 Å². The van der Waals surface area contributed by atoms with Gasteiger partial charge < -0.3 is 9.88 Å². The second-order valence-electron chi connectivity index (χ2n) is 9.59. The summed E-state index contributed by atoms with van der Waals surface area (Å²) < 4.78 is 1.91. The highest BCUT2D eigenvalue weighted by molar-refractivity contribution is 5.83. The number of benzene rings is 1. The van der Waals surface area contributed by atoms with E-state index in [1.807, 2.05) is 17.7 Å². The smallest absolute Gasteiger partial charge is 0.253 e. The SMILES string of the molecule is CCN1CCN(C(c2cc3cc(C)cc(C)c3[nH]c2=O)c2nnnn2C(C)(C)CC)CC1. The summed E-state index contributed by atoms with van der Waals surface area (Å²) in [5.74, 6) is 0.732. The largest absolute Gasteiger partial charge is 0.321 e. The molecule has 1 saturated heterocycles. The van der Waals surface area contributed by atoms with Gasteiger partial charge in [0.1, 0.15) is 6.04 Å². The lowest BCUT2D eigenvalue weighted by Gasteiger charge is -2.39. The molecule has 0 aliphatic carbocycles. The normalized spacial score (nSPS) is 17.2. The molecular formula is C24H35N7O. The van der Waals surface area contributed by atoms with Gasteiger partial charge >= 0.3 is 0 Å². The summed E-state index contributed by atoms with van der Waals surface area (Å²) in [6.45, 7) is 17.4. The van der Waals surface area contributed by atoms with Gasteiger partial charge in [0.05, 0.1) is 11.1 Å². The van der Waals surface area contributed by atoms with E-state index in [2.05, 4.69) is 77.1 Å². The van der Waals surface area contributed by atoms with Gasteiger partial charge in [-0.05, 0) is 74.2 Å². The van der Waals surface area contributed by atoms with Gasteiger partial charge in [-0.25, -0.2) is 4.68 Å². The van der Waals surface area contributed by atoms with Gasteiger partial charge in [0.2, 0.25) is 0 Å². The Kier molecular flexibility index (Phi) is 6.18. The molecule has 0 bridgehead atoms. The Morgan fingerprint density at radius 1 is 1.09 bits per heavy atom. The molecule has 3 heterocycles. The molecule has 4 rings (SSSR count). The van der Waals surface area contributed by atoms with E-state index < -0.39 is 0 Å². The van der Waals surface area contributed by atoms with Crippen molar-refractivity contribution in [2.45, 2.75) is 59.5 Å². The fourth-order valence-corrected chi connectivity index (χ4v) is 4.69. The summed E-state index contributed by atoms with van der Waals surface area (Å²) >= 11 is 0. The lowest BCUT2D eigenvalue weighted by Crippen LogP contribution is -2.49. The first-order valence-corrected chi connectivity index (χ1v) is 11.6. The van der Waals surface area contributed by atoms with Gasteiger partial charge in [0.15, 0.2) is 5.82 Å². The molecule has 8 heteroatoms. The first-order valence-electron chi connectivity index (χ1n) is 11.6. The van der Waals surface area contributed by atoms with Crippen molar-refractivity contribution in [1.82, 2.24) is 35.0 Å². The van der Waals surface area contributed by atoms with E-state index in [9.17, 15) is 4.79 Å². The minimum atomic E-state index is -0.302. The molecule has 0 amide bonds. The third-order valence-corrected chi connectivity index (χ3v) is 7.01. The maximum atomic E-state index is 13.4. The Bertz CT molecular complexity index is 1150. The topological polar surface area (TPSA) is 82.9 Å². The Morgan fingerprint density at radius 3 is 2.47 bits per heavy atom. The highest BCUT2D eigenvalue weighted by Crippen LogP contribution is 2.31. The van der Waals surface area contributed by atoms with E-state index in [-0.39, 0.29) is 17.1 Å². The average Bonchev–Trinajstić information content (AvgIpc) is 3.26. The number of aromatic amines is 1. The highest BCUT2D eigenvalue weighted by Gasteiger charge is 2.35. The predicted octanol–water partition coefficient (Wildman–Crippen LogP) is 3.00. The van der Waals surface area contributed by atoms with Crippen molar-refractivity contribution in [3.8, 4) is 0 Å². The van der Waals surface area contributed by atoms with Crippen LogP contribution in [0.2, 0.25) is 0 Å². The van der Waals surface area contributed by atoms with Crippen LogP contribution in [0, 0.1) is 13.8 Å². The first-order chi connectivity index (χ1) is 15.2. The fourth-order valence-electron chi connectivity index (χ4n) is 4.69. The van der Waals surface area contributed by atoms with Crippen molar-refractivity contribution < 1.29 is 0 Å². The first kappa shape index (κ1) is 22.6. The number of rotatable bonds is 6. The molecule has 0 spiro atoms. The summed E-state index contributed by atoms with van der Waals surface area (Å²) in [5, 5.41) is 13.9. The molecule has 1 N–H and O–H groups in total. The van der Waals surface area contributed by atoms with Crippen molar-refractivity contribution in [1.29, 1.82) is 0 Å². The number of nitrogens with one attached hydrogen (secondary N) is 1. The molecule has 0 saturated carbocycles. The molecule has 1 aromatic carbocycles. The average molecular weight is 438 g/mol. The zero-order chi connectivity index (χ0) is 23.0. The van der Waals surface area contributed by atoms with Crippen molar-refractivity contribution in [3.63, 3.8) is 0 Å². The lowest BCUT2D eigenvalue weighted by molar-refractivity contribution is 0.105. The van der Waals surface area contributed by atoms with Crippen LogP contribution in [0.3, 0.4) is 0 Å². The van der Waals surface area contributed by atoms with Crippen LogP contribution in [0.4, 0.5) is 0 Å². The molecule has 3 aromatic rings. The molecule has 8 nitrogen and oxygen atoms in total. The van der Waals surface area contributed by atoms with Crippen molar-refractivity contribution >= 4 is 10.9 Å². The second-order valence-corrected chi connectivity index (χ2v) is 9.59. The fraction of sp³-hybridized carbons (Fsp3) is 0.583. The van der Waals surface area contributed by atoms with E-state index in [4.69, 9.17) is 0 Å². The van der Waals surface area contributed by atoms with Gasteiger partial charge in [-0.15, -0.1) is 5.10 Å². The van der Waals surface area contributed by atoms with E-state index in [0.29, 0.717) is 5.56 Å². The maximum absolute atomic E-state index is 13.4. The summed E-state index contributed by atoms with van der Waals surface area (Å²) in [5.41, 5.74) is 3.53. The number of H-pyrrole nitrogens is 1. The zero-order valence-electron chi connectivity index (χ0n) is 20.1. The van der Waals surface area contributed by atoms with Gasteiger partial charge in [-0.1, -0.05) is 25.5 Å². The van der Waals surface area contributed by atoms with Crippen molar-refractivity contribution in [2.24, 2.45) is 0 Å². The number of aromatic nitrogens is 5. The molecule has 1 unspecified atom stereocenters. The van der Waals surface area contributed by atoms with Crippen LogP contribution < -0.4 is 5.56 Å². The molecular weight excluding hydrogens is 402 g/mol. The van der Waals surface area contributed by atoms with E-state index in [1.165, 1.54) is 5.56 Å². The van der Waals surface area contributed by atoms with Gasteiger partial charge in [-0.3, -0.25) is 9.69 Å². The third-order valence-electron chi connectivity index (χ3n) is 7.01. The molecule has 172 valence electrons. The van der Waals surface area contributed by atoms with Gasteiger partial charge in [0, 0.05) is 31.7 Å². The Morgan fingerprint density at radius 2 is 1.81 bits per heavy atom. The van der Waals surface area contributed by atoms with E-state index in [0.717, 1.165) is 61.4 Å². The van der Waals surface area contributed by atoms with E-state index in [1.54, 1.807) is 0 Å². The number of likely N-dealkylation sites (N-methyl/N-ethyl adjacent to an activating group) is 1. The zero-order valence-corrected chi connectivity index (χ0v) is 20.1. The van der Waals surface area contributed by atoms with Crippen LogP contribution in [0.15, 0.2) is 23.0 Å². The van der Waals surface area contributed by atoms with Crippen molar-refractivity contribution in [3.05, 3.63) is 51.1 Å². The monoisotopic (exact) mass is 437 g/mol. The van der Waals surface area contributed by atoms with Crippen LogP contribution in [0.25, 0.3) is 10.9 Å². The number of fused-ring (bicyclic) bond motifs is 1. The van der Waals surface area contributed by atoms with Gasteiger partial charge in [0.25, 0.3) is 5.56 Å². The lowest BCUT2D eigenvalue weighted by atomic mass is 9.98. The van der Waals surface area contributed by atoms with Crippen LogP contribution in [0.1, 0.15) is 62.7 Å². The standard InChI is InChI=1S/C24H35N7O/c1-7-24(5,6)31-22(26-27-28-31)21(30-11-9-29(8-2)10-12-30)19-15-18-14-16(3)13-17(4)20(18)25-23(19)32/h13-15,21H,7-12H2,1-6H3,(H,25,32). The second kappa shape index (κ2) is 8.75. The quantitative estimate of drug-likeness (QED) is 0.638. The Labute approximate surface area is 189 Å². The molecule has 0 radical (unpaired) electrons. The Balaban J connectivity index is 1.89. The molecule has 1 aliphatic heterocycles. The number of aryl methyl sites for hydroxylation is 2. The molecule has 32 heavy (non-hydrogen) atoms. The minimum absolute atomic E-state index is 0.0729. The van der Waals surface area contributed by atoms with Gasteiger partial charge in [-0.2, -0.15) is 0 Å². The number of hydrogen-bond acceptors (Lipinski definition) is 6. The summed E-state index contributed by atoms with van der Waals surface area (Å²) in [6.07, 6.45) is 0.883. The number of nitrogens with zero attached hydrogens (tertiary/aromatic N) is 6. The summed E-state index contributed by atoms with van der Waals surface area (Å²) in [4.78, 5) is 21.4. The minimum Gasteiger partial charge on any atom is -0.321 e. The molecule has 1 atom stereocenters. The Hall–Kier alpha value is -2.58. The summed E-state index contributed by atoms with van der Waals surface area (Å²) in [6, 6.07) is 5.98. The number of pyridine rings is 1. The third kappa shape index (κ3) is 4.09. The number of piperazine rings is 1. The predicted molar refractivity (Wildman–Crippen MR) is 127 cm³/mol. The van der Waals surface area contributed by atoms with Crippen LogP contribution in [-0.2, 0) is 5.54 Å². The summed E-state index contributed by atoms with van der Waals surface area (Å²) in [7, 11) is 0. The van der Waals surface area contributed by atoms with Crippen LogP contribution >= 0.6 is 0 Å². The van der Waals surface area contributed by atoms with Crippen LogP contribution in [-0.4, -0.2) is 67.7 Å². The number of tetrazole rings is 1. The van der Waals surface area contributed by atoms with E-state index >= 15 is 0 Å². The molecule has 1 aliphatic rings.